The molecule has 0 bridgehead atoms. The van der Waals surface area contributed by atoms with Crippen LogP contribution in [0.25, 0.3) is 0 Å². The molecule has 0 saturated heterocycles. The molecule has 2 aromatic rings. The summed E-state index contributed by atoms with van der Waals surface area (Å²) in [5, 5.41) is 13.9. The highest BCUT2D eigenvalue weighted by Gasteiger charge is 2.05. The number of aromatic nitrogens is 4. The molecule has 0 atom stereocenters. The molecule has 0 unspecified atom stereocenters. The molecule has 0 spiro atoms. The van der Waals surface area contributed by atoms with Crippen LogP contribution in [0.5, 0.6) is 5.75 Å². The van der Waals surface area contributed by atoms with Gasteiger partial charge in [-0.3, -0.25) is 10.3 Å². The Hall–Kier alpha value is -2.44. The molecule has 1 aromatic carbocycles. The van der Waals surface area contributed by atoms with E-state index in [0.717, 1.165) is 0 Å². The van der Waals surface area contributed by atoms with Gasteiger partial charge in [0.05, 0.1) is 12.7 Å². The Bertz CT molecular complexity index is 498. The van der Waals surface area contributed by atoms with E-state index in [0.29, 0.717) is 17.1 Å². The molecule has 0 amide bonds. The van der Waals surface area contributed by atoms with E-state index in [-0.39, 0.29) is 6.61 Å². The summed E-state index contributed by atoms with van der Waals surface area (Å²) >= 11 is 0. The van der Waals surface area contributed by atoms with Gasteiger partial charge in [0.2, 0.25) is 0 Å². The van der Waals surface area contributed by atoms with Crippen molar-refractivity contribution in [2.24, 2.45) is 0 Å². The lowest BCUT2D eigenvalue weighted by molar-refractivity contribution is 0.0600. The molecule has 0 N–H and O–H groups in total. The number of benzene rings is 1. The molecule has 17 heavy (non-hydrogen) atoms. The second-order valence-electron chi connectivity index (χ2n) is 3.10. The number of hydrogen-bond acceptors (Lipinski definition) is 6. The van der Waals surface area contributed by atoms with Crippen LogP contribution in [0.15, 0.2) is 24.3 Å². The molecular weight excluding hydrogens is 224 g/mol. The van der Waals surface area contributed by atoms with Crippen LogP contribution < -0.4 is 9.84 Å². The standard InChI is InChI=1S/C10H9N4O3/c1-16-10(15)7-3-2-4-8(5-7)17-6-9-11-13-14-12-9/h2-5H,6H2,1H3/q-1. The summed E-state index contributed by atoms with van der Waals surface area (Å²) in [6.07, 6.45) is 0. The van der Waals surface area contributed by atoms with Crippen LogP contribution in [-0.2, 0) is 11.3 Å². The van der Waals surface area contributed by atoms with Gasteiger partial charge in [-0.25, -0.2) is 4.79 Å². The van der Waals surface area contributed by atoms with E-state index in [4.69, 9.17) is 4.74 Å². The van der Waals surface area contributed by atoms with E-state index in [1.807, 2.05) is 0 Å². The molecule has 0 aliphatic heterocycles. The summed E-state index contributed by atoms with van der Waals surface area (Å²) in [4.78, 5) is 11.3. The summed E-state index contributed by atoms with van der Waals surface area (Å²) in [6.45, 7) is 0.150. The predicted octanol–water partition coefficient (Wildman–Crippen LogP) is 0.194. The summed E-state index contributed by atoms with van der Waals surface area (Å²) in [5.41, 5.74) is 0.421. The first-order valence-electron chi connectivity index (χ1n) is 4.78. The second kappa shape index (κ2) is 5.06. The number of carbonyl (C=O) groups is 1. The van der Waals surface area contributed by atoms with Crippen LogP contribution in [0, 0.1) is 0 Å². The molecule has 7 nitrogen and oxygen atoms in total. The van der Waals surface area contributed by atoms with Gasteiger partial charge in [-0.1, -0.05) is 6.07 Å². The molecule has 7 heteroatoms. The topological polar surface area (TPSA) is 88.3 Å². The van der Waals surface area contributed by atoms with Gasteiger partial charge in [0, 0.05) is 5.82 Å². The molecular formula is C10H9N4O3-. The Morgan fingerprint density at radius 2 is 2.35 bits per heavy atom. The van der Waals surface area contributed by atoms with Crippen LogP contribution in [0.3, 0.4) is 0 Å². The predicted molar refractivity (Wildman–Crippen MR) is 55.3 cm³/mol. The van der Waals surface area contributed by atoms with Gasteiger partial charge in [0.25, 0.3) is 0 Å². The van der Waals surface area contributed by atoms with Gasteiger partial charge in [-0.2, -0.15) is 5.21 Å². The first-order chi connectivity index (χ1) is 8.29. The van der Waals surface area contributed by atoms with Gasteiger partial charge in [-0.05, 0) is 18.2 Å². The maximum absolute atomic E-state index is 11.3. The van der Waals surface area contributed by atoms with Gasteiger partial charge >= 0.3 is 5.97 Å². The van der Waals surface area contributed by atoms with Crippen molar-refractivity contribution < 1.29 is 14.3 Å². The van der Waals surface area contributed by atoms with Crippen LogP contribution in [-0.4, -0.2) is 28.6 Å². The molecule has 1 heterocycles. The van der Waals surface area contributed by atoms with Crippen molar-refractivity contribution in [3.63, 3.8) is 0 Å². The second-order valence-corrected chi connectivity index (χ2v) is 3.10. The third-order valence-corrected chi connectivity index (χ3v) is 1.98. The van der Waals surface area contributed by atoms with Gasteiger partial charge in [0.15, 0.2) is 0 Å². The monoisotopic (exact) mass is 233 g/mol. The molecule has 2 rings (SSSR count). The Morgan fingerprint density at radius 1 is 1.47 bits per heavy atom. The minimum absolute atomic E-state index is 0.150. The van der Waals surface area contributed by atoms with Crippen molar-refractivity contribution in [2.45, 2.75) is 6.61 Å². The first-order valence-corrected chi connectivity index (χ1v) is 4.78. The number of nitrogens with zero attached hydrogens (tertiary/aromatic N) is 4. The van der Waals surface area contributed by atoms with Crippen LogP contribution in [0.4, 0.5) is 0 Å². The minimum atomic E-state index is -0.414. The summed E-state index contributed by atoms with van der Waals surface area (Å²) in [6, 6.07) is 6.64. The van der Waals surface area contributed by atoms with Crippen molar-refractivity contribution in [3.05, 3.63) is 35.7 Å². The van der Waals surface area contributed by atoms with Gasteiger partial charge < -0.3 is 14.6 Å². The van der Waals surface area contributed by atoms with E-state index in [2.05, 4.69) is 25.4 Å². The fraction of sp³-hybridized carbons (Fsp3) is 0.200. The van der Waals surface area contributed by atoms with E-state index >= 15 is 0 Å². The average molecular weight is 233 g/mol. The zero-order chi connectivity index (χ0) is 12.1. The lowest BCUT2D eigenvalue weighted by Crippen LogP contribution is -2.03. The van der Waals surface area contributed by atoms with E-state index < -0.39 is 5.97 Å². The number of hydrogen-bond donors (Lipinski definition) is 0. The van der Waals surface area contributed by atoms with Crippen molar-refractivity contribution in [2.75, 3.05) is 7.11 Å². The third-order valence-electron chi connectivity index (χ3n) is 1.98. The van der Waals surface area contributed by atoms with Crippen LogP contribution >= 0.6 is 0 Å². The number of methoxy groups -OCH3 is 1. The zero-order valence-corrected chi connectivity index (χ0v) is 9.03. The lowest BCUT2D eigenvalue weighted by atomic mass is 10.2. The molecule has 0 aliphatic rings. The summed E-state index contributed by atoms with van der Waals surface area (Å²) in [7, 11) is 1.32. The lowest BCUT2D eigenvalue weighted by Gasteiger charge is -2.06. The quantitative estimate of drug-likeness (QED) is 0.696. The Kier molecular flexibility index (Phi) is 3.29. The minimum Gasteiger partial charge on any atom is -0.488 e. The Labute approximate surface area is 96.7 Å². The van der Waals surface area contributed by atoms with Gasteiger partial charge in [-0.15, -0.1) is 0 Å². The summed E-state index contributed by atoms with van der Waals surface area (Å²) < 4.78 is 9.98. The highest BCUT2D eigenvalue weighted by Crippen LogP contribution is 2.14. The third kappa shape index (κ3) is 2.77. The number of tetrazole rings is 1. The molecule has 0 aliphatic carbocycles. The van der Waals surface area contributed by atoms with Crippen LogP contribution in [0.2, 0.25) is 0 Å². The fourth-order valence-electron chi connectivity index (χ4n) is 1.20. The smallest absolute Gasteiger partial charge is 0.337 e. The number of ether oxygens (including phenoxy) is 2. The molecule has 0 radical (unpaired) electrons. The molecule has 0 fully saturated rings. The van der Waals surface area contributed by atoms with E-state index in [1.165, 1.54) is 7.11 Å². The highest BCUT2D eigenvalue weighted by atomic mass is 16.5. The Balaban J connectivity index is 2.03. The zero-order valence-electron chi connectivity index (χ0n) is 9.03. The number of rotatable bonds is 4. The van der Waals surface area contributed by atoms with Gasteiger partial charge in [0.1, 0.15) is 12.4 Å². The van der Waals surface area contributed by atoms with E-state index in [9.17, 15) is 4.79 Å². The normalized spacial score (nSPS) is 9.94. The number of esters is 1. The largest absolute Gasteiger partial charge is 0.488 e. The highest BCUT2D eigenvalue weighted by molar-refractivity contribution is 5.89. The molecule has 88 valence electrons. The van der Waals surface area contributed by atoms with E-state index in [1.54, 1.807) is 24.3 Å². The van der Waals surface area contributed by atoms with Crippen molar-refractivity contribution >= 4 is 5.97 Å². The fourth-order valence-corrected chi connectivity index (χ4v) is 1.20. The summed E-state index contributed by atoms with van der Waals surface area (Å²) in [5.74, 6) is 0.495. The maximum atomic E-state index is 11.3. The van der Waals surface area contributed by atoms with Crippen molar-refractivity contribution in [1.82, 2.24) is 20.6 Å². The average Bonchev–Trinajstić information content (AvgIpc) is 2.89. The molecule has 1 aromatic heterocycles. The molecule has 0 saturated carbocycles. The first kappa shape index (κ1) is 11.1. The maximum Gasteiger partial charge on any atom is 0.337 e. The SMILES string of the molecule is COC(=O)c1cccc(OCc2nnn[n-]2)c1. The van der Waals surface area contributed by atoms with Crippen LogP contribution in [0.1, 0.15) is 16.2 Å². The Morgan fingerprint density at radius 3 is 3.06 bits per heavy atom. The number of carbonyl (C=O) groups excluding carboxylic acids is 1. The van der Waals surface area contributed by atoms with Crippen molar-refractivity contribution in [3.8, 4) is 5.75 Å². The van der Waals surface area contributed by atoms with Crippen molar-refractivity contribution in [1.29, 1.82) is 0 Å².